The van der Waals surface area contributed by atoms with Gasteiger partial charge in [-0.05, 0) is 51.4 Å². The second-order valence-electron chi connectivity index (χ2n) is 33.1. The van der Waals surface area contributed by atoms with Gasteiger partial charge in [0.2, 0.25) is 5.91 Å². The second kappa shape index (κ2) is 71.8. The van der Waals surface area contributed by atoms with E-state index in [0.29, 0.717) is 12.8 Å². The summed E-state index contributed by atoms with van der Waals surface area (Å²) in [7, 11) is 0. The number of hydrogen-bond donors (Lipinski definition) is 12. The van der Waals surface area contributed by atoms with E-state index in [4.69, 9.17) is 28.4 Å². The van der Waals surface area contributed by atoms with Crippen molar-refractivity contribution in [2.75, 3.05) is 26.4 Å². The Balaban J connectivity index is 1.30. The van der Waals surface area contributed by atoms with Gasteiger partial charge in [0, 0.05) is 6.42 Å². The second-order valence-corrected chi connectivity index (χ2v) is 33.1. The molecule has 0 aromatic carbocycles. The van der Waals surface area contributed by atoms with E-state index in [-0.39, 0.29) is 18.9 Å². The molecule has 0 aromatic rings. The van der Waals surface area contributed by atoms with E-state index in [2.05, 4.69) is 67.8 Å². The highest BCUT2D eigenvalue weighted by atomic mass is 16.8. The van der Waals surface area contributed by atoms with Crippen LogP contribution in [0.5, 0.6) is 0 Å². The summed E-state index contributed by atoms with van der Waals surface area (Å²) in [6.07, 6.45) is 66.6. The van der Waals surface area contributed by atoms with Gasteiger partial charge in [0.15, 0.2) is 18.9 Å². The van der Waals surface area contributed by atoms with Gasteiger partial charge in [-0.3, -0.25) is 4.79 Å². The van der Waals surface area contributed by atoms with Crippen molar-refractivity contribution in [2.24, 2.45) is 0 Å². The molecule has 3 heterocycles. The summed E-state index contributed by atoms with van der Waals surface area (Å²) in [5.74, 6) is -0.234. The number of aliphatic hydroxyl groups excluding tert-OH is 11. The topological polar surface area (TPSA) is 307 Å². The molecule has 12 N–H and O–H groups in total. The Bertz CT molecular complexity index is 2190. The van der Waals surface area contributed by atoms with Crippen LogP contribution in [0.15, 0.2) is 48.6 Å². The van der Waals surface area contributed by atoms with Crippen LogP contribution < -0.4 is 5.32 Å². The molecule has 17 unspecified atom stereocenters. The number of ether oxygens (including phenoxy) is 6. The van der Waals surface area contributed by atoms with Gasteiger partial charge in [-0.2, -0.15) is 0 Å². The highest BCUT2D eigenvalue weighted by Crippen LogP contribution is 2.34. The van der Waals surface area contributed by atoms with Crippen molar-refractivity contribution < 1.29 is 89.4 Å². The van der Waals surface area contributed by atoms with Crippen molar-refractivity contribution in [3.8, 4) is 0 Å². The van der Waals surface area contributed by atoms with E-state index in [1.165, 1.54) is 295 Å². The van der Waals surface area contributed by atoms with Gasteiger partial charge in [0.05, 0.1) is 38.6 Å². The largest absolute Gasteiger partial charge is 0.394 e. The summed E-state index contributed by atoms with van der Waals surface area (Å²) >= 11 is 0. The Kier molecular flexibility index (Phi) is 66.6. The first-order valence-corrected chi connectivity index (χ1v) is 46.4. The third-order valence-corrected chi connectivity index (χ3v) is 23.2. The summed E-state index contributed by atoms with van der Waals surface area (Å²) in [5.41, 5.74) is 0. The van der Waals surface area contributed by atoms with Crippen LogP contribution >= 0.6 is 0 Å². The molecular weight excluding hydrogens is 1410 g/mol. The lowest BCUT2D eigenvalue weighted by Crippen LogP contribution is -2.66. The average Bonchev–Trinajstić information content (AvgIpc) is 0.779. The number of aliphatic hydroxyl groups is 11. The maximum atomic E-state index is 13.6. The molecular formula is C92H171NO18. The minimum atomic E-state index is -1.97. The lowest BCUT2D eigenvalue weighted by Gasteiger charge is -2.48. The SMILES string of the molecule is CC/C=C\C/C=C\C/C=C\C/C=C\CCCCCCCCCCCCCCCCCCCCCCCCCCC(=O)NC(COC1OC(CO)C(OC2OC(CO)C(OC3OC(CO)C(O)C(O)C3O)C(O)C2O)C(O)C1O)C(O)CCCCCCCCCCCCCCCCCCCCCCCCCCCCCCC. The van der Waals surface area contributed by atoms with Crippen molar-refractivity contribution in [2.45, 2.75) is 503 Å². The Morgan fingerprint density at radius 3 is 0.973 bits per heavy atom. The molecule has 3 fully saturated rings. The van der Waals surface area contributed by atoms with Gasteiger partial charge in [-0.1, -0.05) is 390 Å². The molecule has 0 saturated carbocycles. The molecule has 0 spiro atoms. The molecule has 3 rings (SSSR count). The van der Waals surface area contributed by atoms with Gasteiger partial charge in [-0.25, -0.2) is 0 Å². The molecule has 0 bridgehead atoms. The standard InChI is InChI=1S/C92H171NO18/c1-3-5-7-9-11-13-15-17-19-21-23-25-27-29-31-33-34-35-36-37-38-39-40-42-44-46-48-50-52-54-56-58-60-62-64-66-68-70-80(98)93-75(76(97)69-67-65-63-61-59-57-55-53-51-49-47-45-43-41-32-30-28-26-24-22-20-18-16-14-12-10-8-6-4-2)74-106-90-86(104)83(101)88(78(72-95)108-90)111-92-87(105)84(102)89(79(73-96)109-92)110-91-85(103)82(100)81(99)77(71-94)107-91/h5,7,11,13,17,19,23,25,75-79,81-92,94-97,99-105H,3-4,6,8-10,12,14-16,18,20-22,24,26-74H2,1-2H3,(H,93,98)/b7-5-,13-11-,19-17-,25-23-. The zero-order chi connectivity index (χ0) is 80.3. The maximum absolute atomic E-state index is 13.6. The fourth-order valence-corrected chi connectivity index (χ4v) is 15.8. The highest BCUT2D eigenvalue weighted by molar-refractivity contribution is 5.76. The fraction of sp³-hybridized carbons (Fsp3) is 0.902. The molecule has 652 valence electrons. The third kappa shape index (κ3) is 50.3. The minimum Gasteiger partial charge on any atom is -0.394 e. The molecule has 111 heavy (non-hydrogen) atoms. The third-order valence-electron chi connectivity index (χ3n) is 23.2. The fourth-order valence-electron chi connectivity index (χ4n) is 15.8. The number of carbonyl (C=O) groups excluding carboxylic acids is 1. The number of rotatable bonds is 76. The molecule has 0 aromatic heterocycles. The summed E-state index contributed by atoms with van der Waals surface area (Å²) < 4.78 is 34.6. The van der Waals surface area contributed by atoms with E-state index in [1.807, 2.05) is 0 Å². The normalized spacial score (nSPS) is 25.2. The lowest BCUT2D eigenvalue weighted by molar-refractivity contribution is -0.379. The summed E-state index contributed by atoms with van der Waals surface area (Å²) in [6.45, 7) is 1.76. The van der Waals surface area contributed by atoms with Crippen molar-refractivity contribution >= 4 is 5.91 Å². The van der Waals surface area contributed by atoms with Crippen LogP contribution in [0.3, 0.4) is 0 Å². The van der Waals surface area contributed by atoms with Gasteiger partial charge < -0.3 is 89.9 Å². The maximum Gasteiger partial charge on any atom is 0.220 e. The number of unbranched alkanes of at least 4 members (excludes halogenated alkanes) is 52. The number of nitrogens with one attached hydrogen (secondary N) is 1. The van der Waals surface area contributed by atoms with Crippen molar-refractivity contribution in [3.63, 3.8) is 0 Å². The van der Waals surface area contributed by atoms with Crippen LogP contribution in [0, 0.1) is 0 Å². The smallest absolute Gasteiger partial charge is 0.220 e. The molecule has 0 radical (unpaired) electrons. The Labute approximate surface area is 675 Å². The van der Waals surface area contributed by atoms with Crippen LogP contribution in [0.4, 0.5) is 0 Å². The summed E-state index contributed by atoms with van der Waals surface area (Å²) in [4.78, 5) is 13.6. The number of allylic oxidation sites excluding steroid dienone is 8. The Morgan fingerprint density at radius 2 is 0.622 bits per heavy atom. The number of amides is 1. The van der Waals surface area contributed by atoms with Crippen LogP contribution in [0.1, 0.15) is 399 Å². The molecule has 0 aliphatic carbocycles. The van der Waals surface area contributed by atoms with Crippen LogP contribution in [0.2, 0.25) is 0 Å². The molecule has 3 aliphatic rings. The monoisotopic (exact) mass is 1580 g/mol. The average molecular weight is 1580 g/mol. The highest BCUT2D eigenvalue weighted by Gasteiger charge is 2.54. The predicted octanol–water partition coefficient (Wildman–Crippen LogP) is 18.0. The summed E-state index contributed by atoms with van der Waals surface area (Å²) in [6, 6.07) is -0.888. The van der Waals surface area contributed by atoms with Crippen LogP contribution in [0.25, 0.3) is 0 Å². The van der Waals surface area contributed by atoms with Crippen LogP contribution in [-0.2, 0) is 33.2 Å². The van der Waals surface area contributed by atoms with Gasteiger partial charge in [0.1, 0.15) is 73.2 Å². The van der Waals surface area contributed by atoms with Crippen LogP contribution in [-0.4, -0.2) is 193 Å². The van der Waals surface area contributed by atoms with E-state index < -0.39 is 124 Å². The van der Waals surface area contributed by atoms with Gasteiger partial charge in [-0.15, -0.1) is 0 Å². The van der Waals surface area contributed by atoms with Crippen molar-refractivity contribution in [1.82, 2.24) is 5.32 Å². The Morgan fingerprint density at radius 1 is 0.333 bits per heavy atom. The van der Waals surface area contributed by atoms with E-state index >= 15 is 0 Å². The zero-order valence-electron chi connectivity index (χ0n) is 70.5. The molecule has 3 saturated heterocycles. The molecule has 17 atom stereocenters. The van der Waals surface area contributed by atoms with Crippen molar-refractivity contribution in [1.29, 1.82) is 0 Å². The quantitative estimate of drug-likeness (QED) is 0.0199. The lowest BCUT2D eigenvalue weighted by atomic mass is 9.96. The molecule has 19 nitrogen and oxygen atoms in total. The molecule has 19 heteroatoms. The van der Waals surface area contributed by atoms with Crippen molar-refractivity contribution in [3.05, 3.63) is 48.6 Å². The first-order valence-electron chi connectivity index (χ1n) is 46.4. The molecule has 3 aliphatic heterocycles. The Hall–Kier alpha value is -2.25. The zero-order valence-corrected chi connectivity index (χ0v) is 70.5. The van der Waals surface area contributed by atoms with Gasteiger partial charge >= 0.3 is 0 Å². The first kappa shape index (κ1) is 103. The predicted molar refractivity (Wildman–Crippen MR) is 448 cm³/mol. The summed E-state index contributed by atoms with van der Waals surface area (Å²) in [5, 5.41) is 121. The first-order chi connectivity index (χ1) is 54.3. The minimum absolute atomic E-state index is 0.234. The van der Waals surface area contributed by atoms with E-state index in [9.17, 15) is 61.0 Å². The van der Waals surface area contributed by atoms with Gasteiger partial charge in [0.25, 0.3) is 0 Å². The molecule has 1 amide bonds. The number of carbonyl (C=O) groups is 1. The van der Waals surface area contributed by atoms with E-state index in [1.54, 1.807) is 0 Å². The number of hydrogen-bond acceptors (Lipinski definition) is 18. The van der Waals surface area contributed by atoms with E-state index in [0.717, 1.165) is 70.6 Å².